The Bertz CT molecular complexity index is 619. The lowest BCUT2D eigenvalue weighted by Crippen LogP contribution is -2.35. The quantitative estimate of drug-likeness (QED) is 0.846. The number of hydrogen-bond acceptors (Lipinski definition) is 4. The molecule has 1 N–H and O–H groups in total. The highest BCUT2D eigenvalue weighted by Gasteiger charge is 2.32. The standard InChI is InChI=1S/C16H18N2O2S2/c19-15(5-7-17-16(20)12-6-9-21-11-12)18(13-3-4-13)10-14-2-1-8-22-14/h1-2,6,8-9,11,13H,3-5,7,10H2,(H,17,20). The van der Waals surface area contributed by atoms with Crippen LogP contribution in [0.1, 0.15) is 34.5 Å². The molecule has 1 aliphatic carbocycles. The van der Waals surface area contributed by atoms with E-state index in [0.29, 0.717) is 31.1 Å². The van der Waals surface area contributed by atoms with Gasteiger partial charge in [-0.05, 0) is 35.7 Å². The van der Waals surface area contributed by atoms with Crippen LogP contribution in [0.2, 0.25) is 0 Å². The minimum absolute atomic E-state index is 0.106. The summed E-state index contributed by atoms with van der Waals surface area (Å²) in [6.45, 7) is 1.08. The molecule has 2 heterocycles. The highest BCUT2D eigenvalue weighted by molar-refractivity contribution is 7.09. The molecule has 2 amide bonds. The van der Waals surface area contributed by atoms with Gasteiger partial charge < -0.3 is 10.2 Å². The molecule has 0 unspecified atom stereocenters. The molecule has 0 radical (unpaired) electrons. The van der Waals surface area contributed by atoms with E-state index in [1.807, 2.05) is 27.1 Å². The molecule has 4 nitrogen and oxygen atoms in total. The molecule has 0 aliphatic heterocycles. The van der Waals surface area contributed by atoms with Gasteiger partial charge in [-0.2, -0.15) is 11.3 Å². The number of hydrogen-bond donors (Lipinski definition) is 1. The van der Waals surface area contributed by atoms with Gasteiger partial charge in [-0.15, -0.1) is 11.3 Å². The van der Waals surface area contributed by atoms with Crippen LogP contribution >= 0.6 is 22.7 Å². The normalized spacial score (nSPS) is 13.8. The van der Waals surface area contributed by atoms with Gasteiger partial charge in [-0.25, -0.2) is 0 Å². The number of carbonyl (C=O) groups excluding carboxylic acids is 2. The van der Waals surface area contributed by atoms with Gasteiger partial charge in [0.15, 0.2) is 0 Å². The largest absolute Gasteiger partial charge is 0.351 e. The van der Waals surface area contributed by atoms with Crippen LogP contribution in [0.5, 0.6) is 0 Å². The summed E-state index contributed by atoms with van der Waals surface area (Å²) in [6, 6.07) is 6.25. The van der Waals surface area contributed by atoms with E-state index >= 15 is 0 Å². The molecule has 2 aromatic rings. The Morgan fingerprint density at radius 2 is 2.14 bits per heavy atom. The number of nitrogens with one attached hydrogen (secondary N) is 1. The molecule has 22 heavy (non-hydrogen) atoms. The monoisotopic (exact) mass is 334 g/mol. The minimum Gasteiger partial charge on any atom is -0.351 e. The molecule has 1 fully saturated rings. The molecule has 1 saturated carbocycles. The lowest BCUT2D eigenvalue weighted by molar-refractivity contribution is -0.132. The molecule has 116 valence electrons. The van der Waals surface area contributed by atoms with E-state index in [0.717, 1.165) is 12.8 Å². The Hall–Kier alpha value is -1.66. The Balaban J connectivity index is 1.48. The van der Waals surface area contributed by atoms with Crippen LogP contribution in [-0.4, -0.2) is 29.3 Å². The van der Waals surface area contributed by atoms with Crippen LogP contribution in [-0.2, 0) is 11.3 Å². The number of rotatable bonds is 7. The van der Waals surface area contributed by atoms with Gasteiger partial charge in [0, 0.05) is 34.8 Å². The highest BCUT2D eigenvalue weighted by atomic mass is 32.1. The van der Waals surface area contributed by atoms with Crippen LogP contribution < -0.4 is 5.32 Å². The summed E-state index contributed by atoms with van der Waals surface area (Å²) >= 11 is 3.17. The number of carbonyl (C=O) groups is 2. The van der Waals surface area contributed by atoms with Crippen molar-refractivity contribution in [2.75, 3.05) is 6.54 Å². The summed E-state index contributed by atoms with van der Waals surface area (Å²) in [5.74, 6) is 0.0202. The van der Waals surface area contributed by atoms with Gasteiger partial charge >= 0.3 is 0 Å². The first-order valence-corrected chi connectivity index (χ1v) is 9.18. The summed E-state index contributed by atoms with van der Waals surface area (Å²) in [7, 11) is 0. The summed E-state index contributed by atoms with van der Waals surface area (Å²) in [5, 5.41) is 8.53. The summed E-state index contributed by atoms with van der Waals surface area (Å²) < 4.78 is 0. The molecule has 0 spiro atoms. The lowest BCUT2D eigenvalue weighted by atomic mass is 10.3. The van der Waals surface area contributed by atoms with E-state index in [4.69, 9.17) is 0 Å². The van der Waals surface area contributed by atoms with Crippen molar-refractivity contribution in [1.29, 1.82) is 0 Å². The molecule has 1 aliphatic rings. The third kappa shape index (κ3) is 3.96. The zero-order chi connectivity index (χ0) is 15.4. The highest BCUT2D eigenvalue weighted by Crippen LogP contribution is 2.29. The number of nitrogens with zero attached hydrogens (tertiary/aromatic N) is 1. The second kappa shape index (κ2) is 7.07. The fraction of sp³-hybridized carbons (Fsp3) is 0.375. The fourth-order valence-electron chi connectivity index (χ4n) is 2.30. The van der Waals surface area contributed by atoms with Gasteiger partial charge in [-0.3, -0.25) is 9.59 Å². The zero-order valence-corrected chi connectivity index (χ0v) is 13.8. The summed E-state index contributed by atoms with van der Waals surface area (Å²) in [5.41, 5.74) is 0.662. The maximum absolute atomic E-state index is 12.4. The number of thiophene rings is 2. The maximum Gasteiger partial charge on any atom is 0.252 e. The minimum atomic E-state index is -0.106. The van der Waals surface area contributed by atoms with Crippen molar-refractivity contribution in [3.8, 4) is 0 Å². The first-order chi connectivity index (χ1) is 10.7. The third-order valence-electron chi connectivity index (χ3n) is 3.62. The topological polar surface area (TPSA) is 49.4 Å². The van der Waals surface area contributed by atoms with Crippen molar-refractivity contribution in [1.82, 2.24) is 10.2 Å². The predicted molar refractivity (Wildman–Crippen MR) is 89.2 cm³/mol. The molecular weight excluding hydrogens is 316 g/mol. The average molecular weight is 334 g/mol. The predicted octanol–water partition coefficient (Wildman–Crippen LogP) is 3.12. The molecule has 6 heteroatoms. The van der Waals surface area contributed by atoms with Gasteiger partial charge in [0.25, 0.3) is 5.91 Å². The second-order valence-electron chi connectivity index (χ2n) is 5.35. The van der Waals surface area contributed by atoms with Gasteiger partial charge in [0.1, 0.15) is 0 Å². The van der Waals surface area contributed by atoms with Crippen molar-refractivity contribution >= 4 is 34.5 Å². The van der Waals surface area contributed by atoms with E-state index in [1.54, 1.807) is 17.4 Å². The Labute approximate surface area is 137 Å². The molecular formula is C16H18N2O2S2. The van der Waals surface area contributed by atoms with Gasteiger partial charge in [0.05, 0.1) is 6.54 Å². The first-order valence-electron chi connectivity index (χ1n) is 7.36. The Morgan fingerprint density at radius 3 is 2.77 bits per heavy atom. The summed E-state index contributed by atoms with van der Waals surface area (Å²) in [4.78, 5) is 27.4. The van der Waals surface area contributed by atoms with Crippen molar-refractivity contribution in [2.45, 2.75) is 31.8 Å². The van der Waals surface area contributed by atoms with Crippen LogP contribution in [0, 0.1) is 0 Å². The van der Waals surface area contributed by atoms with E-state index in [-0.39, 0.29) is 11.8 Å². The lowest BCUT2D eigenvalue weighted by Gasteiger charge is -2.22. The van der Waals surface area contributed by atoms with Gasteiger partial charge in [0.2, 0.25) is 5.91 Å². The van der Waals surface area contributed by atoms with Gasteiger partial charge in [-0.1, -0.05) is 6.07 Å². The van der Waals surface area contributed by atoms with Crippen molar-refractivity contribution < 1.29 is 9.59 Å². The molecule has 0 atom stereocenters. The second-order valence-corrected chi connectivity index (χ2v) is 7.16. The number of amides is 2. The van der Waals surface area contributed by atoms with Crippen molar-refractivity contribution in [2.24, 2.45) is 0 Å². The van der Waals surface area contributed by atoms with Crippen LogP contribution in [0.15, 0.2) is 34.3 Å². The van der Waals surface area contributed by atoms with E-state index in [9.17, 15) is 9.59 Å². The third-order valence-corrected chi connectivity index (χ3v) is 5.17. The van der Waals surface area contributed by atoms with Crippen molar-refractivity contribution in [3.63, 3.8) is 0 Å². The SMILES string of the molecule is O=C(NCCC(=O)N(Cc1cccs1)C1CC1)c1ccsc1. The van der Waals surface area contributed by atoms with E-state index < -0.39 is 0 Å². The Kier molecular flexibility index (Phi) is 4.90. The van der Waals surface area contributed by atoms with Crippen molar-refractivity contribution in [3.05, 3.63) is 44.8 Å². The molecule has 0 saturated heterocycles. The fourth-order valence-corrected chi connectivity index (χ4v) is 3.64. The molecule has 3 rings (SSSR count). The van der Waals surface area contributed by atoms with Crippen LogP contribution in [0.25, 0.3) is 0 Å². The Morgan fingerprint density at radius 1 is 1.27 bits per heavy atom. The van der Waals surface area contributed by atoms with Crippen LogP contribution in [0.3, 0.4) is 0 Å². The molecule has 2 aromatic heterocycles. The average Bonchev–Trinajstić information content (AvgIpc) is 3.02. The van der Waals surface area contributed by atoms with Crippen LogP contribution in [0.4, 0.5) is 0 Å². The summed E-state index contributed by atoms with van der Waals surface area (Å²) in [6.07, 6.45) is 2.55. The molecule has 0 aromatic carbocycles. The molecule has 0 bridgehead atoms. The van der Waals surface area contributed by atoms with E-state index in [1.165, 1.54) is 16.2 Å². The first kappa shape index (κ1) is 15.2. The maximum atomic E-state index is 12.4. The smallest absolute Gasteiger partial charge is 0.252 e. The van der Waals surface area contributed by atoms with E-state index in [2.05, 4.69) is 11.4 Å². The zero-order valence-electron chi connectivity index (χ0n) is 12.2.